The van der Waals surface area contributed by atoms with Crippen molar-refractivity contribution in [2.75, 3.05) is 19.6 Å². The number of carboxylic acid groups (broad SMARTS) is 1. The maximum Gasteiger partial charge on any atom is 0.490 e. The summed E-state index contributed by atoms with van der Waals surface area (Å²) in [6.45, 7) is 9.94. The SMILES string of the molecule is CCN1C(=O)[C@H]2[C@@H](c3ccc(C)cc3)N[C@]3(CCCN(CCC(C)C)C3=O)[C@H]2C1=O.O=C(O)C(F)(F)F. The fraction of sp³-hybridized carbons (Fsp3) is 0.615. The Bertz CT molecular complexity index is 1040. The van der Waals surface area contributed by atoms with Crippen molar-refractivity contribution in [3.05, 3.63) is 35.4 Å². The summed E-state index contributed by atoms with van der Waals surface area (Å²) in [6.07, 6.45) is -2.70. The third kappa shape index (κ3) is 5.51. The first-order chi connectivity index (χ1) is 17.2. The minimum atomic E-state index is -5.08. The van der Waals surface area contributed by atoms with Gasteiger partial charge in [0.25, 0.3) is 0 Å². The van der Waals surface area contributed by atoms with Gasteiger partial charge in [0.2, 0.25) is 17.7 Å². The summed E-state index contributed by atoms with van der Waals surface area (Å²) in [5.74, 6) is -3.72. The molecule has 1 spiro atoms. The molecule has 8 nitrogen and oxygen atoms in total. The first kappa shape index (κ1) is 28.6. The molecule has 3 aliphatic rings. The van der Waals surface area contributed by atoms with Gasteiger partial charge in [-0.05, 0) is 44.6 Å². The van der Waals surface area contributed by atoms with Crippen LogP contribution in [0.5, 0.6) is 0 Å². The summed E-state index contributed by atoms with van der Waals surface area (Å²) in [4.78, 5) is 52.5. The highest BCUT2D eigenvalue weighted by molar-refractivity contribution is 6.10. The number of rotatable bonds is 5. The van der Waals surface area contributed by atoms with E-state index in [0.29, 0.717) is 25.4 Å². The molecule has 3 heterocycles. The van der Waals surface area contributed by atoms with Crippen LogP contribution in [-0.2, 0) is 19.2 Å². The van der Waals surface area contributed by atoms with Crippen molar-refractivity contribution in [1.82, 2.24) is 15.1 Å². The lowest BCUT2D eigenvalue weighted by Gasteiger charge is -2.42. The number of imide groups is 1. The second kappa shape index (κ2) is 10.8. The number of nitrogens with one attached hydrogen (secondary N) is 1. The molecule has 3 fully saturated rings. The Labute approximate surface area is 214 Å². The number of hydrogen-bond acceptors (Lipinski definition) is 5. The van der Waals surface area contributed by atoms with Crippen LogP contribution in [-0.4, -0.2) is 69.9 Å². The number of aliphatic carboxylic acids is 1. The Kier molecular flexibility index (Phi) is 8.36. The lowest BCUT2D eigenvalue weighted by Crippen LogP contribution is -2.63. The van der Waals surface area contributed by atoms with Crippen molar-refractivity contribution in [3.63, 3.8) is 0 Å². The predicted molar refractivity (Wildman–Crippen MR) is 128 cm³/mol. The molecule has 3 aliphatic heterocycles. The zero-order valence-electron chi connectivity index (χ0n) is 21.5. The van der Waals surface area contributed by atoms with Crippen molar-refractivity contribution < 1.29 is 37.5 Å². The monoisotopic (exact) mass is 525 g/mol. The van der Waals surface area contributed by atoms with Gasteiger partial charge >= 0.3 is 12.1 Å². The van der Waals surface area contributed by atoms with Crippen LogP contribution in [0.4, 0.5) is 13.2 Å². The first-order valence-corrected chi connectivity index (χ1v) is 12.5. The van der Waals surface area contributed by atoms with Crippen molar-refractivity contribution in [2.45, 2.75) is 64.7 Å². The molecule has 1 aromatic carbocycles. The zero-order chi connectivity index (χ0) is 27.7. The van der Waals surface area contributed by atoms with E-state index in [0.717, 1.165) is 30.5 Å². The van der Waals surface area contributed by atoms with Crippen molar-refractivity contribution >= 4 is 23.7 Å². The molecular weight excluding hydrogens is 491 g/mol. The van der Waals surface area contributed by atoms with E-state index in [1.807, 2.05) is 43.0 Å². The summed E-state index contributed by atoms with van der Waals surface area (Å²) in [6, 6.07) is 7.75. The molecule has 3 saturated heterocycles. The summed E-state index contributed by atoms with van der Waals surface area (Å²) in [7, 11) is 0. The average molecular weight is 526 g/mol. The van der Waals surface area contributed by atoms with Gasteiger partial charge in [-0.25, -0.2) is 4.79 Å². The molecule has 4 rings (SSSR count). The Morgan fingerprint density at radius 1 is 1.16 bits per heavy atom. The molecule has 2 N–H and O–H groups in total. The molecular formula is C26H34F3N3O5. The number of carbonyl (C=O) groups excluding carboxylic acids is 3. The fourth-order valence-electron chi connectivity index (χ4n) is 5.53. The second-order valence-corrected chi connectivity index (χ2v) is 10.3. The normalized spacial score (nSPS) is 27.6. The minimum absolute atomic E-state index is 0.00175. The molecule has 0 unspecified atom stereocenters. The first-order valence-electron chi connectivity index (χ1n) is 12.5. The Balaban J connectivity index is 0.000000479. The largest absolute Gasteiger partial charge is 0.490 e. The lowest BCUT2D eigenvalue weighted by molar-refractivity contribution is -0.192. The van der Waals surface area contributed by atoms with E-state index in [-0.39, 0.29) is 23.8 Å². The number of carbonyl (C=O) groups is 4. The fourth-order valence-corrected chi connectivity index (χ4v) is 5.53. The lowest BCUT2D eigenvalue weighted by atomic mass is 9.74. The number of carboxylic acids is 1. The van der Waals surface area contributed by atoms with Gasteiger partial charge in [-0.3, -0.25) is 24.6 Å². The number of piperidine rings is 1. The van der Waals surface area contributed by atoms with E-state index in [2.05, 4.69) is 19.2 Å². The van der Waals surface area contributed by atoms with Gasteiger partial charge in [0.1, 0.15) is 5.54 Å². The molecule has 204 valence electrons. The van der Waals surface area contributed by atoms with Crippen LogP contribution in [0.25, 0.3) is 0 Å². The van der Waals surface area contributed by atoms with E-state index < -0.39 is 29.5 Å². The van der Waals surface area contributed by atoms with Crippen LogP contribution < -0.4 is 5.32 Å². The number of fused-ring (bicyclic) bond motifs is 2. The number of halogens is 3. The molecule has 4 atom stereocenters. The van der Waals surface area contributed by atoms with Gasteiger partial charge in [0.05, 0.1) is 11.8 Å². The molecule has 0 aliphatic carbocycles. The Hall–Kier alpha value is -2.95. The highest BCUT2D eigenvalue weighted by atomic mass is 19.4. The smallest absolute Gasteiger partial charge is 0.475 e. The number of aryl methyl sites for hydroxylation is 1. The van der Waals surface area contributed by atoms with Gasteiger partial charge in [-0.2, -0.15) is 13.2 Å². The van der Waals surface area contributed by atoms with Crippen molar-refractivity contribution in [3.8, 4) is 0 Å². The van der Waals surface area contributed by atoms with E-state index in [9.17, 15) is 27.6 Å². The minimum Gasteiger partial charge on any atom is -0.475 e. The summed E-state index contributed by atoms with van der Waals surface area (Å²) >= 11 is 0. The molecule has 37 heavy (non-hydrogen) atoms. The predicted octanol–water partition coefficient (Wildman–Crippen LogP) is 3.30. The van der Waals surface area contributed by atoms with Gasteiger partial charge in [0, 0.05) is 25.7 Å². The van der Waals surface area contributed by atoms with E-state index in [1.165, 1.54) is 4.90 Å². The molecule has 11 heteroatoms. The van der Waals surface area contributed by atoms with Crippen LogP contribution in [0.15, 0.2) is 24.3 Å². The quantitative estimate of drug-likeness (QED) is 0.572. The molecule has 0 aromatic heterocycles. The van der Waals surface area contributed by atoms with Gasteiger partial charge in [0.15, 0.2) is 0 Å². The molecule has 0 bridgehead atoms. The number of alkyl halides is 3. The zero-order valence-corrected chi connectivity index (χ0v) is 21.5. The Morgan fingerprint density at radius 3 is 2.27 bits per heavy atom. The van der Waals surface area contributed by atoms with E-state index >= 15 is 0 Å². The molecule has 3 amide bonds. The van der Waals surface area contributed by atoms with Crippen LogP contribution >= 0.6 is 0 Å². The molecule has 0 saturated carbocycles. The third-order valence-corrected chi connectivity index (χ3v) is 7.39. The molecule has 0 radical (unpaired) electrons. The highest BCUT2D eigenvalue weighted by Crippen LogP contribution is 2.51. The van der Waals surface area contributed by atoms with Crippen LogP contribution in [0.1, 0.15) is 57.2 Å². The summed E-state index contributed by atoms with van der Waals surface area (Å²) in [5, 5.41) is 10.7. The van der Waals surface area contributed by atoms with Crippen LogP contribution in [0, 0.1) is 24.7 Å². The van der Waals surface area contributed by atoms with Gasteiger partial charge in [-0.1, -0.05) is 43.7 Å². The van der Waals surface area contributed by atoms with Crippen molar-refractivity contribution in [2.24, 2.45) is 17.8 Å². The van der Waals surface area contributed by atoms with Gasteiger partial charge in [-0.15, -0.1) is 0 Å². The van der Waals surface area contributed by atoms with E-state index in [4.69, 9.17) is 9.90 Å². The Morgan fingerprint density at radius 2 is 1.76 bits per heavy atom. The summed E-state index contributed by atoms with van der Waals surface area (Å²) in [5.41, 5.74) is 1.13. The maximum atomic E-state index is 13.8. The number of benzene rings is 1. The number of amides is 3. The topological polar surface area (TPSA) is 107 Å². The third-order valence-electron chi connectivity index (χ3n) is 7.39. The van der Waals surface area contributed by atoms with Gasteiger partial charge < -0.3 is 10.0 Å². The average Bonchev–Trinajstić information content (AvgIpc) is 3.29. The second-order valence-electron chi connectivity index (χ2n) is 10.3. The highest BCUT2D eigenvalue weighted by Gasteiger charge is 2.68. The molecule has 1 aromatic rings. The standard InChI is InChI=1S/C24H33N3O3.C2HF3O2/c1-5-27-21(28)18-19(22(27)29)24(25-20(18)17-9-7-16(4)8-10-17)12-6-13-26(23(24)30)14-11-15(2)3;3-2(4,5)1(6)7/h7-10,15,18-20,25H,5-6,11-14H2,1-4H3;(H,6,7)/t18-,19-,20-,24-;/m1./s1. The number of hydrogen-bond donors (Lipinski definition) is 2. The number of likely N-dealkylation sites (tertiary alicyclic amines) is 2. The van der Waals surface area contributed by atoms with E-state index in [1.54, 1.807) is 0 Å². The maximum absolute atomic E-state index is 13.8. The number of nitrogens with zero attached hydrogens (tertiary/aromatic N) is 2. The van der Waals surface area contributed by atoms with Crippen LogP contribution in [0.2, 0.25) is 0 Å². The van der Waals surface area contributed by atoms with Crippen LogP contribution in [0.3, 0.4) is 0 Å². The summed E-state index contributed by atoms with van der Waals surface area (Å²) < 4.78 is 31.7. The van der Waals surface area contributed by atoms with Crippen molar-refractivity contribution in [1.29, 1.82) is 0 Å².